The number of hydrogen-bond donors (Lipinski definition) is 0. The number of carbonyl (C=O) groups is 1. The second-order valence-corrected chi connectivity index (χ2v) is 10.3. The van der Waals surface area contributed by atoms with Gasteiger partial charge in [-0.25, -0.2) is 9.79 Å². The number of esters is 1. The number of hydrogen-bond acceptors (Lipinski definition) is 7. The van der Waals surface area contributed by atoms with Crippen molar-refractivity contribution in [2.45, 2.75) is 32.7 Å². The van der Waals surface area contributed by atoms with Gasteiger partial charge in [0, 0.05) is 15.6 Å². The van der Waals surface area contributed by atoms with E-state index < -0.39 is 12.0 Å². The molecule has 1 aromatic heterocycles. The number of rotatable bonds is 9. The predicted octanol–water partition coefficient (Wildman–Crippen LogP) is 4.36. The molecule has 38 heavy (non-hydrogen) atoms. The van der Waals surface area contributed by atoms with Crippen LogP contribution in [0.15, 0.2) is 68.0 Å². The number of para-hydroxylation sites is 1. The van der Waals surface area contributed by atoms with Crippen molar-refractivity contribution in [2.24, 2.45) is 4.99 Å². The average molecular weight is 596 g/mol. The number of benzene rings is 2. The van der Waals surface area contributed by atoms with E-state index in [-0.39, 0.29) is 18.8 Å². The molecule has 1 atom stereocenters. The Morgan fingerprint density at radius 2 is 2.03 bits per heavy atom. The van der Waals surface area contributed by atoms with Crippen LogP contribution in [0.2, 0.25) is 0 Å². The van der Waals surface area contributed by atoms with E-state index >= 15 is 0 Å². The Kier molecular flexibility index (Phi) is 8.87. The Balaban J connectivity index is 2.03. The van der Waals surface area contributed by atoms with Crippen molar-refractivity contribution in [3.8, 4) is 23.8 Å². The molecule has 7 nitrogen and oxygen atoms in total. The van der Waals surface area contributed by atoms with Gasteiger partial charge in [-0.2, -0.15) is 0 Å². The summed E-state index contributed by atoms with van der Waals surface area (Å²) in [6.07, 6.45) is 8.44. The summed E-state index contributed by atoms with van der Waals surface area (Å²) in [6.45, 7) is 4.07. The van der Waals surface area contributed by atoms with Crippen molar-refractivity contribution in [1.29, 1.82) is 0 Å². The maximum Gasteiger partial charge on any atom is 0.338 e. The van der Waals surface area contributed by atoms with Gasteiger partial charge in [0.25, 0.3) is 5.56 Å². The lowest BCUT2D eigenvalue weighted by molar-refractivity contribution is -0.139. The van der Waals surface area contributed by atoms with Crippen molar-refractivity contribution in [1.82, 2.24) is 4.57 Å². The zero-order valence-corrected chi connectivity index (χ0v) is 23.7. The highest BCUT2D eigenvalue weighted by Gasteiger charge is 2.36. The van der Waals surface area contributed by atoms with Crippen molar-refractivity contribution >= 4 is 39.3 Å². The number of halogens is 1. The van der Waals surface area contributed by atoms with Crippen LogP contribution in [0.5, 0.6) is 11.5 Å². The highest BCUT2D eigenvalue weighted by Crippen LogP contribution is 2.38. The molecule has 0 N–H and O–H groups in total. The molecule has 0 aliphatic carbocycles. The molecule has 0 unspecified atom stereocenters. The third-order valence-electron chi connectivity index (χ3n) is 5.90. The molecule has 3 aromatic rings. The number of carbonyl (C=O) groups excluding carboxylic acids is 1. The molecule has 0 radical (unpaired) electrons. The molecule has 2 heterocycles. The summed E-state index contributed by atoms with van der Waals surface area (Å²) >= 11 is 4.79. The van der Waals surface area contributed by atoms with Gasteiger partial charge >= 0.3 is 5.97 Å². The first-order chi connectivity index (χ1) is 18.4. The van der Waals surface area contributed by atoms with Gasteiger partial charge in [0.2, 0.25) is 0 Å². The number of ether oxygens (including phenoxy) is 3. The van der Waals surface area contributed by atoms with E-state index in [2.05, 4.69) is 21.9 Å². The molecule has 1 aliphatic rings. The molecule has 0 amide bonds. The number of aromatic nitrogens is 1. The minimum atomic E-state index is -0.783. The third kappa shape index (κ3) is 5.47. The van der Waals surface area contributed by atoms with Crippen LogP contribution >= 0.6 is 27.3 Å². The van der Waals surface area contributed by atoms with E-state index in [4.69, 9.17) is 25.6 Å². The summed E-state index contributed by atoms with van der Waals surface area (Å²) < 4.78 is 19.6. The number of allylic oxidation sites excluding steroid dienone is 1. The minimum absolute atomic E-state index is 0.109. The normalized spacial score (nSPS) is 14.9. The van der Waals surface area contributed by atoms with E-state index in [0.29, 0.717) is 49.7 Å². The molecule has 9 heteroatoms. The Hall–Kier alpha value is -3.61. The molecule has 1 aliphatic heterocycles. The fourth-order valence-electron chi connectivity index (χ4n) is 4.33. The van der Waals surface area contributed by atoms with E-state index in [1.165, 1.54) is 11.3 Å². The van der Waals surface area contributed by atoms with Gasteiger partial charge in [-0.1, -0.05) is 64.7 Å². The molecule has 0 saturated carbocycles. The first kappa shape index (κ1) is 27.4. The van der Waals surface area contributed by atoms with Crippen LogP contribution in [0.1, 0.15) is 43.9 Å². The van der Waals surface area contributed by atoms with Crippen molar-refractivity contribution in [3.63, 3.8) is 0 Å². The number of terminal acetylenes is 1. The minimum Gasteiger partial charge on any atom is -0.496 e. The van der Waals surface area contributed by atoms with Crippen LogP contribution in [0.25, 0.3) is 6.08 Å². The second kappa shape index (κ2) is 12.3. The lowest BCUT2D eigenvalue weighted by atomic mass is 9.93. The maximum absolute atomic E-state index is 14.0. The van der Waals surface area contributed by atoms with Crippen LogP contribution in [-0.4, -0.2) is 30.9 Å². The highest BCUT2D eigenvalue weighted by atomic mass is 79.9. The van der Waals surface area contributed by atoms with Crippen molar-refractivity contribution in [2.75, 3.05) is 20.3 Å². The van der Waals surface area contributed by atoms with E-state index in [1.807, 2.05) is 37.3 Å². The van der Waals surface area contributed by atoms with Gasteiger partial charge in [0.1, 0.15) is 24.1 Å². The first-order valence-electron chi connectivity index (χ1n) is 12.1. The highest BCUT2D eigenvalue weighted by molar-refractivity contribution is 9.10. The monoisotopic (exact) mass is 594 g/mol. The Labute approximate surface area is 233 Å². The summed E-state index contributed by atoms with van der Waals surface area (Å²) in [5.74, 6) is 3.07. The van der Waals surface area contributed by atoms with Crippen LogP contribution in [0, 0.1) is 12.3 Å². The Morgan fingerprint density at radius 3 is 2.74 bits per heavy atom. The largest absolute Gasteiger partial charge is 0.496 e. The summed E-state index contributed by atoms with van der Waals surface area (Å²) in [5.41, 5.74) is 2.01. The standard InChI is InChI=1S/C29H27BrN2O5S/c1-5-10-21-25(28(34)36-7-3)26(20-17-19(30)13-14-23(20)35-4)32-27(33)24(38-29(32)31-21)16-18-11-8-9-12-22(18)37-15-6-2/h2,8-9,11-14,16-17,26H,5,7,10,15H2,1,3-4H3/b24-16+/t26-/m1/s1. The topological polar surface area (TPSA) is 79.1 Å². The lowest BCUT2D eigenvalue weighted by Gasteiger charge is -2.27. The van der Waals surface area contributed by atoms with Crippen molar-refractivity contribution in [3.05, 3.63) is 89.0 Å². The van der Waals surface area contributed by atoms with Crippen LogP contribution in [0.4, 0.5) is 0 Å². The first-order valence-corrected chi connectivity index (χ1v) is 13.7. The number of nitrogens with zero attached hydrogens (tertiary/aromatic N) is 2. The maximum atomic E-state index is 14.0. The zero-order chi connectivity index (χ0) is 27.2. The predicted molar refractivity (Wildman–Crippen MR) is 151 cm³/mol. The summed E-state index contributed by atoms with van der Waals surface area (Å²) in [4.78, 5) is 32.6. The molecule has 196 valence electrons. The van der Waals surface area contributed by atoms with Crippen molar-refractivity contribution < 1.29 is 19.0 Å². The Bertz CT molecular complexity index is 1610. The number of fused-ring (bicyclic) bond motifs is 1. The fourth-order valence-corrected chi connectivity index (χ4v) is 5.72. The molecule has 2 aromatic carbocycles. The second-order valence-electron chi connectivity index (χ2n) is 8.33. The molecular weight excluding hydrogens is 568 g/mol. The summed E-state index contributed by atoms with van der Waals surface area (Å²) in [7, 11) is 1.56. The molecule has 0 fully saturated rings. The van der Waals surface area contributed by atoms with Gasteiger partial charge in [-0.15, -0.1) is 6.42 Å². The zero-order valence-electron chi connectivity index (χ0n) is 21.3. The van der Waals surface area contributed by atoms with Gasteiger partial charge in [-0.3, -0.25) is 9.36 Å². The SMILES string of the molecule is C#CCOc1ccccc1/C=c1/sc2n(c1=O)[C@H](c1cc(Br)ccc1OC)C(C(=O)OCC)=C(CCC)N=2. The summed E-state index contributed by atoms with van der Waals surface area (Å²) in [5, 5.41) is 0. The fraction of sp³-hybridized carbons (Fsp3) is 0.276. The van der Waals surface area contributed by atoms with E-state index in [1.54, 1.807) is 36.8 Å². The Morgan fingerprint density at radius 1 is 1.24 bits per heavy atom. The lowest BCUT2D eigenvalue weighted by Crippen LogP contribution is -2.40. The molecule has 4 rings (SSSR count). The number of thiazole rings is 1. The number of methoxy groups -OCH3 is 1. The molecule has 0 saturated heterocycles. The van der Waals surface area contributed by atoms with Crippen LogP contribution in [-0.2, 0) is 9.53 Å². The van der Waals surface area contributed by atoms with E-state index in [0.717, 1.165) is 10.9 Å². The van der Waals surface area contributed by atoms with Gasteiger partial charge < -0.3 is 14.2 Å². The quantitative estimate of drug-likeness (QED) is 0.272. The molecule has 0 spiro atoms. The third-order valence-corrected chi connectivity index (χ3v) is 7.37. The van der Waals surface area contributed by atoms with Gasteiger partial charge in [0.15, 0.2) is 4.80 Å². The van der Waals surface area contributed by atoms with Crippen LogP contribution in [0.3, 0.4) is 0 Å². The van der Waals surface area contributed by atoms with Gasteiger partial charge in [0.05, 0.1) is 29.5 Å². The average Bonchev–Trinajstić information content (AvgIpc) is 3.22. The van der Waals surface area contributed by atoms with Gasteiger partial charge in [-0.05, 0) is 43.7 Å². The summed E-state index contributed by atoms with van der Waals surface area (Å²) in [6, 6.07) is 12.1. The van der Waals surface area contributed by atoms with E-state index in [9.17, 15) is 9.59 Å². The van der Waals surface area contributed by atoms with Crippen LogP contribution < -0.4 is 24.4 Å². The molecule has 0 bridgehead atoms. The molecular formula is C29H27BrN2O5S. The smallest absolute Gasteiger partial charge is 0.338 e.